The lowest BCUT2D eigenvalue weighted by Gasteiger charge is -2.24. The molecule has 0 atom stereocenters. The molecule has 9 aromatic carbocycles. The molecule has 262 valence electrons. The van der Waals surface area contributed by atoms with Gasteiger partial charge in [-0.15, -0.1) is 0 Å². The van der Waals surface area contributed by atoms with Gasteiger partial charge in [0.05, 0.1) is 0 Å². The standard InChI is InChI=1S/C54H41N/c1-54(2)47-20-10-9-18-44(47)53-45(19-12-21-48(53)54)52-42-17-8-7-16-41(42)51(40-28-26-36-25-24-35-14-6-11-22-49(35)55(3)50(36)33-40)43-30-29-39(32-46(43)52)38-27-23-34-13-4-5-15-37(34)31-38/h4-23,26-33H,24-25H2,1-3H3. The maximum atomic E-state index is 2.47. The van der Waals surface area contributed by atoms with Gasteiger partial charge in [-0.1, -0.05) is 159 Å². The predicted octanol–water partition coefficient (Wildman–Crippen LogP) is 14.3. The van der Waals surface area contributed by atoms with Crippen molar-refractivity contribution in [3.63, 3.8) is 0 Å². The summed E-state index contributed by atoms with van der Waals surface area (Å²) in [6.45, 7) is 4.76. The molecule has 1 heterocycles. The highest BCUT2D eigenvalue weighted by molar-refractivity contribution is 6.23. The second kappa shape index (κ2) is 12.0. The van der Waals surface area contributed by atoms with Gasteiger partial charge in [-0.25, -0.2) is 0 Å². The van der Waals surface area contributed by atoms with E-state index in [0.29, 0.717) is 0 Å². The molecule has 0 bridgehead atoms. The summed E-state index contributed by atoms with van der Waals surface area (Å²) in [5.41, 5.74) is 18.4. The Morgan fingerprint density at radius 2 is 1.02 bits per heavy atom. The largest absolute Gasteiger partial charge is 0.344 e. The van der Waals surface area contributed by atoms with Crippen LogP contribution < -0.4 is 4.90 Å². The average Bonchev–Trinajstić information content (AvgIpc) is 3.37. The van der Waals surface area contributed by atoms with Crippen LogP contribution in [0.2, 0.25) is 0 Å². The second-order valence-electron chi connectivity index (χ2n) is 16.0. The Morgan fingerprint density at radius 3 is 1.89 bits per heavy atom. The minimum Gasteiger partial charge on any atom is -0.344 e. The Balaban J connectivity index is 1.23. The van der Waals surface area contributed by atoms with Crippen molar-refractivity contribution in [2.75, 3.05) is 11.9 Å². The summed E-state index contributed by atoms with van der Waals surface area (Å²) in [4.78, 5) is 2.41. The van der Waals surface area contributed by atoms with Gasteiger partial charge >= 0.3 is 0 Å². The van der Waals surface area contributed by atoms with Crippen LogP contribution in [0.4, 0.5) is 11.4 Å². The summed E-state index contributed by atoms with van der Waals surface area (Å²) in [5.74, 6) is 0. The molecular weight excluding hydrogens is 663 g/mol. The van der Waals surface area contributed by atoms with E-state index < -0.39 is 0 Å². The molecule has 1 nitrogen and oxygen atoms in total. The summed E-state index contributed by atoms with van der Waals surface area (Å²) in [6.07, 6.45) is 2.08. The molecule has 0 N–H and O–H groups in total. The monoisotopic (exact) mass is 703 g/mol. The van der Waals surface area contributed by atoms with E-state index in [2.05, 4.69) is 196 Å². The molecule has 0 saturated carbocycles. The third-order valence-electron chi connectivity index (χ3n) is 12.7. The maximum Gasteiger partial charge on any atom is 0.0447 e. The van der Waals surface area contributed by atoms with Crippen molar-refractivity contribution in [3.8, 4) is 44.5 Å². The minimum atomic E-state index is -0.0871. The predicted molar refractivity (Wildman–Crippen MR) is 235 cm³/mol. The molecule has 2 aliphatic rings. The topological polar surface area (TPSA) is 3.24 Å². The van der Waals surface area contributed by atoms with Crippen LogP contribution in [0.5, 0.6) is 0 Å². The van der Waals surface area contributed by atoms with Crippen molar-refractivity contribution in [1.82, 2.24) is 0 Å². The van der Waals surface area contributed by atoms with E-state index in [1.54, 1.807) is 0 Å². The average molecular weight is 704 g/mol. The number of aryl methyl sites for hydroxylation is 2. The number of hydrogen-bond donors (Lipinski definition) is 0. The molecule has 0 aromatic heterocycles. The van der Waals surface area contributed by atoms with Crippen LogP contribution in [0.25, 0.3) is 76.8 Å². The van der Waals surface area contributed by atoms with E-state index in [9.17, 15) is 0 Å². The third kappa shape index (κ3) is 4.79. The van der Waals surface area contributed by atoms with Crippen molar-refractivity contribution in [3.05, 3.63) is 192 Å². The zero-order chi connectivity index (χ0) is 36.8. The zero-order valence-corrected chi connectivity index (χ0v) is 31.5. The molecular formula is C54H41N. The van der Waals surface area contributed by atoms with Gasteiger partial charge in [-0.05, 0) is 136 Å². The fourth-order valence-electron chi connectivity index (χ4n) is 9.98. The zero-order valence-electron chi connectivity index (χ0n) is 31.5. The SMILES string of the molecule is CN1c2ccccc2CCc2ccc(-c3c4ccccc4c(-c4cccc5c4-c4ccccc4C5(C)C)c4cc(-c5ccc6ccccc6c5)ccc34)cc21. The van der Waals surface area contributed by atoms with E-state index in [1.165, 1.54) is 110 Å². The van der Waals surface area contributed by atoms with E-state index in [-0.39, 0.29) is 5.41 Å². The molecule has 0 fully saturated rings. The summed E-state index contributed by atoms with van der Waals surface area (Å²) in [6, 6.07) is 64.0. The number of fused-ring (bicyclic) bond motifs is 8. The van der Waals surface area contributed by atoms with Gasteiger partial charge in [0.2, 0.25) is 0 Å². The van der Waals surface area contributed by atoms with Crippen molar-refractivity contribution >= 4 is 43.7 Å². The van der Waals surface area contributed by atoms with E-state index >= 15 is 0 Å². The van der Waals surface area contributed by atoms with Gasteiger partial charge in [0, 0.05) is 23.8 Å². The molecule has 0 saturated heterocycles. The van der Waals surface area contributed by atoms with Crippen molar-refractivity contribution in [2.45, 2.75) is 32.1 Å². The van der Waals surface area contributed by atoms with Crippen LogP contribution in [-0.4, -0.2) is 7.05 Å². The van der Waals surface area contributed by atoms with E-state index in [4.69, 9.17) is 0 Å². The number of para-hydroxylation sites is 1. The fourth-order valence-corrected chi connectivity index (χ4v) is 9.98. The van der Waals surface area contributed by atoms with Gasteiger partial charge < -0.3 is 4.90 Å². The highest BCUT2D eigenvalue weighted by Crippen LogP contribution is 2.55. The summed E-state index contributed by atoms with van der Waals surface area (Å²) in [5, 5.41) is 7.64. The highest BCUT2D eigenvalue weighted by Gasteiger charge is 2.37. The van der Waals surface area contributed by atoms with E-state index in [0.717, 1.165) is 12.8 Å². The first-order valence-electron chi connectivity index (χ1n) is 19.6. The molecule has 11 rings (SSSR count). The minimum absolute atomic E-state index is 0.0871. The van der Waals surface area contributed by atoms with Crippen molar-refractivity contribution in [1.29, 1.82) is 0 Å². The summed E-state index contributed by atoms with van der Waals surface area (Å²) < 4.78 is 0. The lowest BCUT2D eigenvalue weighted by atomic mass is 9.80. The number of benzene rings is 9. The Hall–Kier alpha value is -6.44. The highest BCUT2D eigenvalue weighted by atomic mass is 15.1. The number of rotatable bonds is 3. The number of nitrogens with zero attached hydrogens (tertiary/aromatic N) is 1. The summed E-state index contributed by atoms with van der Waals surface area (Å²) in [7, 11) is 2.23. The molecule has 0 unspecified atom stereocenters. The summed E-state index contributed by atoms with van der Waals surface area (Å²) >= 11 is 0. The molecule has 0 spiro atoms. The fraction of sp³-hybridized carbons (Fsp3) is 0.111. The third-order valence-corrected chi connectivity index (χ3v) is 12.7. The molecule has 55 heavy (non-hydrogen) atoms. The molecule has 0 amide bonds. The first-order chi connectivity index (χ1) is 27.0. The number of anilines is 2. The van der Waals surface area contributed by atoms with Gasteiger partial charge in [-0.2, -0.15) is 0 Å². The maximum absolute atomic E-state index is 2.47. The Morgan fingerprint density at radius 1 is 0.400 bits per heavy atom. The second-order valence-corrected chi connectivity index (χ2v) is 16.0. The van der Waals surface area contributed by atoms with Crippen LogP contribution in [0.3, 0.4) is 0 Å². The van der Waals surface area contributed by atoms with Crippen LogP contribution in [0, 0.1) is 0 Å². The lowest BCUT2D eigenvalue weighted by Crippen LogP contribution is -2.14. The molecule has 1 heteroatoms. The van der Waals surface area contributed by atoms with Crippen LogP contribution >= 0.6 is 0 Å². The van der Waals surface area contributed by atoms with Gasteiger partial charge in [0.1, 0.15) is 0 Å². The van der Waals surface area contributed by atoms with Gasteiger partial charge in [-0.3, -0.25) is 0 Å². The normalized spacial score (nSPS) is 14.1. The van der Waals surface area contributed by atoms with Gasteiger partial charge in [0.15, 0.2) is 0 Å². The number of hydrogen-bond acceptors (Lipinski definition) is 1. The molecule has 9 aromatic rings. The van der Waals surface area contributed by atoms with Crippen LogP contribution in [0.1, 0.15) is 36.1 Å². The van der Waals surface area contributed by atoms with Crippen LogP contribution in [-0.2, 0) is 18.3 Å². The molecule has 1 aliphatic heterocycles. The van der Waals surface area contributed by atoms with Gasteiger partial charge in [0.25, 0.3) is 0 Å². The smallest absolute Gasteiger partial charge is 0.0447 e. The first-order valence-corrected chi connectivity index (χ1v) is 19.6. The van der Waals surface area contributed by atoms with E-state index in [1.807, 2.05) is 0 Å². The Kier molecular flexibility index (Phi) is 7.01. The Labute approximate surface area is 323 Å². The lowest BCUT2D eigenvalue weighted by molar-refractivity contribution is 0.660. The van der Waals surface area contributed by atoms with Crippen molar-refractivity contribution in [2.24, 2.45) is 0 Å². The first kappa shape index (κ1) is 32.0. The quantitative estimate of drug-likeness (QED) is 0.166. The van der Waals surface area contributed by atoms with Crippen LogP contribution in [0.15, 0.2) is 170 Å². The van der Waals surface area contributed by atoms with Crippen molar-refractivity contribution < 1.29 is 0 Å². The Bertz CT molecular complexity index is 3040. The molecule has 0 radical (unpaired) electrons. The molecule has 1 aliphatic carbocycles.